The summed E-state index contributed by atoms with van der Waals surface area (Å²) < 4.78 is 12.2. The summed E-state index contributed by atoms with van der Waals surface area (Å²) in [6.07, 6.45) is 0. The molecular weight excluding hydrogens is 432 g/mol. The SMILES string of the molecule is COc1ccc(CNC(=O)CN2CCn3nc(-c4ccc(Cl)cc4)cc3C2=O)c(OC)c1. The number of aromatic nitrogens is 2. The van der Waals surface area contributed by atoms with Gasteiger partial charge >= 0.3 is 0 Å². The second-order valence-electron chi connectivity index (χ2n) is 7.33. The number of halogens is 1. The fourth-order valence-electron chi connectivity index (χ4n) is 3.57. The fourth-order valence-corrected chi connectivity index (χ4v) is 3.70. The largest absolute Gasteiger partial charge is 0.497 e. The van der Waals surface area contributed by atoms with Gasteiger partial charge in [0.1, 0.15) is 17.2 Å². The van der Waals surface area contributed by atoms with Gasteiger partial charge in [0.2, 0.25) is 5.91 Å². The molecule has 0 fully saturated rings. The van der Waals surface area contributed by atoms with E-state index in [1.807, 2.05) is 18.2 Å². The zero-order chi connectivity index (χ0) is 22.7. The Balaban J connectivity index is 1.39. The molecule has 1 aliphatic heterocycles. The van der Waals surface area contributed by atoms with Crippen molar-refractivity contribution in [2.45, 2.75) is 13.1 Å². The molecule has 0 radical (unpaired) electrons. The lowest BCUT2D eigenvalue weighted by Crippen LogP contribution is -2.45. The molecule has 0 bridgehead atoms. The number of nitrogens with zero attached hydrogens (tertiary/aromatic N) is 3. The van der Waals surface area contributed by atoms with Crippen LogP contribution in [-0.4, -0.2) is 53.8 Å². The maximum Gasteiger partial charge on any atom is 0.272 e. The van der Waals surface area contributed by atoms with E-state index >= 15 is 0 Å². The van der Waals surface area contributed by atoms with Crippen LogP contribution in [0, 0.1) is 0 Å². The first-order chi connectivity index (χ1) is 15.5. The van der Waals surface area contributed by atoms with Crippen molar-refractivity contribution < 1.29 is 19.1 Å². The quantitative estimate of drug-likeness (QED) is 0.593. The summed E-state index contributed by atoms with van der Waals surface area (Å²) in [7, 11) is 3.14. The number of benzene rings is 2. The highest BCUT2D eigenvalue weighted by Crippen LogP contribution is 2.25. The smallest absolute Gasteiger partial charge is 0.272 e. The molecule has 1 N–H and O–H groups in total. The van der Waals surface area contributed by atoms with Gasteiger partial charge in [-0.15, -0.1) is 0 Å². The van der Waals surface area contributed by atoms with Gasteiger partial charge in [0, 0.05) is 35.3 Å². The normalized spacial score (nSPS) is 13.0. The molecule has 0 saturated carbocycles. The maximum atomic E-state index is 12.9. The molecule has 166 valence electrons. The molecule has 2 amide bonds. The molecule has 0 unspecified atom stereocenters. The standard InChI is InChI=1S/C23H23ClN4O4/c1-31-18-8-5-16(21(11-18)32-2)13-25-22(29)14-27-9-10-28-20(23(27)30)12-19(26-28)15-3-6-17(24)7-4-15/h3-8,11-12H,9-10,13-14H2,1-2H3,(H,25,29). The lowest BCUT2D eigenvalue weighted by molar-refractivity contribution is -0.122. The number of methoxy groups -OCH3 is 2. The van der Waals surface area contributed by atoms with Crippen molar-refractivity contribution in [3.63, 3.8) is 0 Å². The zero-order valence-electron chi connectivity index (χ0n) is 17.8. The molecule has 2 heterocycles. The third-order valence-corrected chi connectivity index (χ3v) is 5.56. The molecule has 2 aromatic carbocycles. The summed E-state index contributed by atoms with van der Waals surface area (Å²) in [5, 5.41) is 8.01. The lowest BCUT2D eigenvalue weighted by Gasteiger charge is -2.26. The van der Waals surface area contributed by atoms with Gasteiger partial charge in [-0.3, -0.25) is 14.3 Å². The Hall–Kier alpha value is -3.52. The van der Waals surface area contributed by atoms with Crippen LogP contribution in [0.5, 0.6) is 11.5 Å². The van der Waals surface area contributed by atoms with Crippen molar-refractivity contribution in [2.24, 2.45) is 0 Å². The minimum absolute atomic E-state index is 0.0290. The number of ether oxygens (including phenoxy) is 2. The van der Waals surface area contributed by atoms with E-state index in [1.165, 1.54) is 4.90 Å². The molecule has 3 aromatic rings. The summed E-state index contributed by atoms with van der Waals surface area (Å²) >= 11 is 5.95. The number of hydrogen-bond acceptors (Lipinski definition) is 5. The molecule has 1 aliphatic rings. The van der Waals surface area contributed by atoms with Crippen molar-refractivity contribution in [1.29, 1.82) is 0 Å². The summed E-state index contributed by atoms with van der Waals surface area (Å²) in [6.45, 7) is 1.19. The van der Waals surface area contributed by atoms with Crippen LogP contribution in [0.3, 0.4) is 0 Å². The fraction of sp³-hybridized carbons (Fsp3) is 0.261. The van der Waals surface area contributed by atoms with Gasteiger partial charge in [0.15, 0.2) is 0 Å². The third kappa shape index (κ3) is 4.55. The number of carbonyl (C=O) groups excluding carboxylic acids is 2. The van der Waals surface area contributed by atoms with E-state index in [9.17, 15) is 9.59 Å². The molecule has 0 saturated heterocycles. The number of carbonyl (C=O) groups is 2. The maximum absolute atomic E-state index is 12.9. The molecule has 0 atom stereocenters. The van der Waals surface area contributed by atoms with E-state index in [1.54, 1.807) is 49.2 Å². The van der Waals surface area contributed by atoms with Crippen LogP contribution < -0.4 is 14.8 Å². The van der Waals surface area contributed by atoms with Crippen LogP contribution >= 0.6 is 11.6 Å². The van der Waals surface area contributed by atoms with Gasteiger partial charge in [0.05, 0.1) is 33.0 Å². The van der Waals surface area contributed by atoms with Gasteiger partial charge in [0.25, 0.3) is 5.91 Å². The van der Waals surface area contributed by atoms with Gasteiger partial charge in [-0.1, -0.05) is 23.7 Å². The Morgan fingerprint density at radius 2 is 1.88 bits per heavy atom. The summed E-state index contributed by atoms with van der Waals surface area (Å²) in [5.74, 6) is 0.825. The van der Waals surface area contributed by atoms with Gasteiger partial charge in [-0.05, 0) is 30.3 Å². The van der Waals surface area contributed by atoms with E-state index < -0.39 is 0 Å². The van der Waals surface area contributed by atoms with Crippen LogP contribution in [0.4, 0.5) is 0 Å². The molecule has 0 aliphatic carbocycles. The summed E-state index contributed by atoms with van der Waals surface area (Å²) in [5.41, 5.74) is 2.85. The van der Waals surface area contributed by atoms with E-state index in [0.717, 1.165) is 11.1 Å². The van der Waals surface area contributed by atoms with Gasteiger partial charge in [-0.2, -0.15) is 5.10 Å². The van der Waals surface area contributed by atoms with E-state index in [-0.39, 0.29) is 24.9 Å². The Bertz CT molecular complexity index is 1140. The topological polar surface area (TPSA) is 85.7 Å². The Kier molecular flexibility index (Phi) is 6.32. The molecule has 8 nitrogen and oxygen atoms in total. The predicted octanol–water partition coefficient (Wildman–Crippen LogP) is 2.99. The number of nitrogens with one attached hydrogen (secondary N) is 1. The predicted molar refractivity (Wildman–Crippen MR) is 120 cm³/mol. The monoisotopic (exact) mass is 454 g/mol. The minimum Gasteiger partial charge on any atom is -0.497 e. The molecule has 1 aromatic heterocycles. The van der Waals surface area contributed by atoms with Crippen LogP contribution in [0.15, 0.2) is 48.5 Å². The first-order valence-electron chi connectivity index (χ1n) is 10.1. The minimum atomic E-state index is -0.248. The number of rotatable bonds is 7. The highest BCUT2D eigenvalue weighted by molar-refractivity contribution is 6.30. The molecule has 0 spiro atoms. The average molecular weight is 455 g/mol. The lowest BCUT2D eigenvalue weighted by atomic mass is 10.1. The number of hydrogen-bond donors (Lipinski definition) is 1. The highest BCUT2D eigenvalue weighted by Gasteiger charge is 2.28. The Labute approximate surface area is 190 Å². The van der Waals surface area contributed by atoms with Crippen LogP contribution in [-0.2, 0) is 17.9 Å². The number of fused-ring (bicyclic) bond motifs is 1. The van der Waals surface area contributed by atoms with E-state index in [2.05, 4.69) is 10.4 Å². The third-order valence-electron chi connectivity index (χ3n) is 5.31. The van der Waals surface area contributed by atoms with Crippen LogP contribution in [0.25, 0.3) is 11.3 Å². The van der Waals surface area contributed by atoms with Gasteiger partial charge in [-0.25, -0.2) is 0 Å². The van der Waals surface area contributed by atoms with Crippen molar-refractivity contribution in [1.82, 2.24) is 20.0 Å². The average Bonchev–Trinajstić information content (AvgIpc) is 3.25. The van der Waals surface area contributed by atoms with Crippen molar-refractivity contribution in [3.05, 3.63) is 64.8 Å². The second-order valence-corrected chi connectivity index (χ2v) is 7.76. The van der Waals surface area contributed by atoms with Crippen molar-refractivity contribution in [3.8, 4) is 22.8 Å². The van der Waals surface area contributed by atoms with Gasteiger partial charge < -0.3 is 19.7 Å². The molecule has 9 heteroatoms. The first-order valence-corrected chi connectivity index (χ1v) is 10.5. The molecule has 4 rings (SSSR count). The summed E-state index contributed by atoms with van der Waals surface area (Å²) in [6, 6.07) is 14.4. The molecular formula is C23H23ClN4O4. The van der Waals surface area contributed by atoms with Crippen LogP contribution in [0.1, 0.15) is 16.1 Å². The van der Waals surface area contributed by atoms with E-state index in [0.29, 0.717) is 41.0 Å². The van der Waals surface area contributed by atoms with Crippen LogP contribution in [0.2, 0.25) is 5.02 Å². The van der Waals surface area contributed by atoms with Crippen molar-refractivity contribution >= 4 is 23.4 Å². The summed E-state index contributed by atoms with van der Waals surface area (Å²) in [4.78, 5) is 27.0. The first kappa shape index (κ1) is 21.7. The number of amides is 2. The zero-order valence-corrected chi connectivity index (χ0v) is 18.6. The second kappa shape index (κ2) is 9.32. The highest BCUT2D eigenvalue weighted by atomic mass is 35.5. The Morgan fingerprint density at radius 3 is 2.59 bits per heavy atom. The van der Waals surface area contributed by atoms with Crippen molar-refractivity contribution in [2.75, 3.05) is 27.3 Å². The molecule has 32 heavy (non-hydrogen) atoms. The Morgan fingerprint density at radius 1 is 1.09 bits per heavy atom. The van der Waals surface area contributed by atoms with E-state index in [4.69, 9.17) is 21.1 Å².